The summed E-state index contributed by atoms with van der Waals surface area (Å²) < 4.78 is 5.28. The number of amides is 3. The van der Waals surface area contributed by atoms with Crippen LogP contribution in [-0.2, 0) is 14.3 Å². The number of aliphatic carboxylic acids is 1. The smallest absolute Gasteiger partial charge is 0.318 e. The van der Waals surface area contributed by atoms with Crippen LogP contribution in [0.15, 0.2) is 0 Å². The monoisotopic (exact) mass is 285 g/mol. The quantitative estimate of drug-likeness (QED) is 0.626. The van der Waals surface area contributed by atoms with Gasteiger partial charge in [0.05, 0.1) is 19.1 Å². The van der Waals surface area contributed by atoms with Crippen LogP contribution in [0.5, 0.6) is 0 Å². The second kappa shape index (κ2) is 6.56. The molecule has 2 atom stereocenters. The molecule has 8 nitrogen and oxygen atoms in total. The molecule has 0 bridgehead atoms. The van der Waals surface area contributed by atoms with Crippen LogP contribution in [0.2, 0.25) is 0 Å². The summed E-state index contributed by atoms with van der Waals surface area (Å²) in [5.74, 6) is -1.53. The normalized spacial score (nSPS) is 26.8. The van der Waals surface area contributed by atoms with E-state index < -0.39 is 23.9 Å². The second-order valence-electron chi connectivity index (χ2n) is 4.96. The van der Waals surface area contributed by atoms with Crippen LogP contribution < -0.4 is 10.6 Å². The molecule has 8 heteroatoms. The summed E-state index contributed by atoms with van der Waals surface area (Å²) in [6.45, 7) is 1.79. The molecule has 2 aliphatic heterocycles. The zero-order chi connectivity index (χ0) is 14.5. The largest absolute Gasteiger partial charge is 0.481 e. The number of hydrogen-bond acceptors (Lipinski definition) is 4. The van der Waals surface area contributed by atoms with E-state index >= 15 is 0 Å². The van der Waals surface area contributed by atoms with Crippen molar-refractivity contribution in [2.75, 3.05) is 26.3 Å². The summed E-state index contributed by atoms with van der Waals surface area (Å²) in [5.41, 5.74) is 0. The first-order valence-corrected chi connectivity index (χ1v) is 6.72. The topological polar surface area (TPSA) is 108 Å². The number of rotatable bonds is 3. The molecular formula is C12H19N3O5. The number of urea groups is 1. The summed E-state index contributed by atoms with van der Waals surface area (Å²) in [5, 5.41) is 14.2. The number of nitrogens with zero attached hydrogens (tertiary/aromatic N) is 1. The molecule has 112 valence electrons. The van der Waals surface area contributed by atoms with E-state index in [1.54, 1.807) is 0 Å². The summed E-state index contributed by atoms with van der Waals surface area (Å²) >= 11 is 0. The highest BCUT2D eigenvalue weighted by atomic mass is 16.5. The third kappa shape index (κ3) is 3.60. The lowest BCUT2D eigenvalue weighted by Gasteiger charge is -2.35. The Morgan fingerprint density at radius 1 is 1.50 bits per heavy atom. The number of carbonyl (C=O) groups is 3. The van der Waals surface area contributed by atoms with Gasteiger partial charge in [0.15, 0.2) is 0 Å². The van der Waals surface area contributed by atoms with Gasteiger partial charge >= 0.3 is 12.0 Å². The maximum absolute atomic E-state index is 12.2. The zero-order valence-electron chi connectivity index (χ0n) is 11.1. The molecule has 2 rings (SSSR count). The van der Waals surface area contributed by atoms with Crippen molar-refractivity contribution in [1.29, 1.82) is 0 Å². The van der Waals surface area contributed by atoms with Crippen molar-refractivity contribution >= 4 is 17.9 Å². The van der Waals surface area contributed by atoms with E-state index in [-0.39, 0.29) is 12.5 Å². The maximum atomic E-state index is 12.2. The summed E-state index contributed by atoms with van der Waals surface area (Å²) in [6, 6.07) is -1.43. The molecule has 3 amide bonds. The fourth-order valence-corrected chi connectivity index (χ4v) is 2.44. The van der Waals surface area contributed by atoms with Gasteiger partial charge in [-0.05, 0) is 12.8 Å². The Hall–Kier alpha value is -1.83. The van der Waals surface area contributed by atoms with E-state index in [0.717, 1.165) is 12.8 Å². The first kappa shape index (κ1) is 14.6. The molecule has 0 aromatic rings. The molecule has 0 spiro atoms. The van der Waals surface area contributed by atoms with Crippen LogP contribution >= 0.6 is 0 Å². The van der Waals surface area contributed by atoms with Crippen LogP contribution in [0, 0.1) is 0 Å². The molecule has 0 aromatic carbocycles. The Bertz CT molecular complexity index is 395. The third-order valence-corrected chi connectivity index (χ3v) is 3.45. The predicted molar refractivity (Wildman–Crippen MR) is 68.1 cm³/mol. The number of carboxylic acid groups (broad SMARTS) is 1. The molecule has 2 saturated heterocycles. The van der Waals surface area contributed by atoms with Gasteiger partial charge in [0.2, 0.25) is 5.91 Å². The maximum Gasteiger partial charge on any atom is 0.318 e. The summed E-state index contributed by atoms with van der Waals surface area (Å²) in [7, 11) is 0. The summed E-state index contributed by atoms with van der Waals surface area (Å²) in [6.07, 6.45) is 1.32. The van der Waals surface area contributed by atoms with E-state index in [1.807, 2.05) is 0 Å². The minimum Gasteiger partial charge on any atom is -0.481 e. The van der Waals surface area contributed by atoms with Gasteiger partial charge in [-0.25, -0.2) is 4.79 Å². The Balaban J connectivity index is 1.97. The minimum atomic E-state index is -1.11. The Morgan fingerprint density at radius 3 is 2.95 bits per heavy atom. The van der Waals surface area contributed by atoms with Crippen LogP contribution in [0.4, 0.5) is 4.79 Å². The molecular weight excluding hydrogens is 266 g/mol. The number of carboxylic acids is 1. The van der Waals surface area contributed by atoms with Gasteiger partial charge in [-0.1, -0.05) is 0 Å². The van der Waals surface area contributed by atoms with E-state index in [9.17, 15) is 14.4 Å². The Labute approximate surface area is 116 Å². The van der Waals surface area contributed by atoms with Gasteiger partial charge in [-0.2, -0.15) is 0 Å². The Kier molecular flexibility index (Phi) is 4.78. The molecule has 2 fully saturated rings. The van der Waals surface area contributed by atoms with Gasteiger partial charge in [0.1, 0.15) is 6.04 Å². The van der Waals surface area contributed by atoms with Crippen molar-refractivity contribution in [2.24, 2.45) is 0 Å². The van der Waals surface area contributed by atoms with Crippen LogP contribution in [0.1, 0.15) is 19.3 Å². The highest BCUT2D eigenvalue weighted by Crippen LogP contribution is 2.11. The SMILES string of the molecule is O=C(O)CC1C(=O)NCCN1C(=O)NC1CCCOC1. The van der Waals surface area contributed by atoms with Gasteiger partial charge in [-0.3, -0.25) is 9.59 Å². The minimum absolute atomic E-state index is 0.0771. The van der Waals surface area contributed by atoms with Crippen molar-refractivity contribution in [3.8, 4) is 0 Å². The zero-order valence-corrected chi connectivity index (χ0v) is 11.1. The van der Waals surface area contributed by atoms with Gasteiger partial charge in [0, 0.05) is 19.7 Å². The molecule has 2 unspecified atom stereocenters. The van der Waals surface area contributed by atoms with Crippen LogP contribution in [0.3, 0.4) is 0 Å². The molecule has 0 radical (unpaired) electrons. The van der Waals surface area contributed by atoms with Gasteiger partial charge in [-0.15, -0.1) is 0 Å². The second-order valence-corrected chi connectivity index (χ2v) is 4.96. The first-order chi connectivity index (χ1) is 9.58. The number of piperazine rings is 1. The fraction of sp³-hybridized carbons (Fsp3) is 0.750. The number of hydrogen-bond donors (Lipinski definition) is 3. The van der Waals surface area contributed by atoms with Crippen molar-refractivity contribution in [1.82, 2.24) is 15.5 Å². The van der Waals surface area contributed by atoms with Crippen molar-refractivity contribution in [3.63, 3.8) is 0 Å². The van der Waals surface area contributed by atoms with E-state index in [2.05, 4.69) is 10.6 Å². The van der Waals surface area contributed by atoms with E-state index in [4.69, 9.17) is 9.84 Å². The average molecular weight is 285 g/mol. The highest BCUT2D eigenvalue weighted by Gasteiger charge is 2.35. The third-order valence-electron chi connectivity index (χ3n) is 3.45. The van der Waals surface area contributed by atoms with Crippen LogP contribution in [-0.4, -0.2) is 66.3 Å². The fourth-order valence-electron chi connectivity index (χ4n) is 2.44. The number of ether oxygens (including phenoxy) is 1. The number of nitrogens with one attached hydrogen (secondary N) is 2. The van der Waals surface area contributed by atoms with E-state index in [1.165, 1.54) is 4.90 Å². The van der Waals surface area contributed by atoms with Crippen molar-refractivity contribution in [3.05, 3.63) is 0 Å². The van der Waals surface area contributed by atoms with E-state index in [0.29, 0.717) is 26.3 Å². The van der Waals surface area contributed by atoms with Crippen molar-refractivity contribution in [2.45, 2.75) is 31.3 Å². The molecule has 0 saturated carbocycles. The van der Waals surface area contributed by atoms with Crippen molar-refractivity contribution < 1.29 is 24.2 Å². The molecule has 3 N–H and O–H groups in total. The lowest BCUT2D eigenvalue weighted by Crippen LogP contribution is -2.61. The average Bonchev–Trinajstić information content (AvgIpc) is 2.41. The molecule has 0 aromatic heterocycles. The highest BCUT2D eigenvalue weighted by molar-refractivity contribution is 5.91. The molecule has 2 heterocycles. The standard InChI is InChI=1S/C12H19N3O5/c16-10(17)6-9-11(18)13-3-4-15(9)12(19)14-8-2-1-5-20-7-8/h8-9H,1-7H2,(H,13,18)(H,14,19)(H,16,17). The predicted octanol–water partition coefficient (Wildman–Crippen LogP) is -0.850. The lowest BCUT2D eigenvalue weighted by atomic mass is 10.1. The lowest BCUT2D eigenvalue weighted by molar-refractivity contribution is -0.142. The molecule has 2 aliphatic rings. The molecule has 0 aliphatic carbocycles. The Morgan fingerprint density at radius 2 is 2.30 bits per heavy atom. The van der Waals surface area contributed by atoms with Crippen LogP contribution in [0.25, 0.3) is 0 Å². The van der Waals surface area contributed by atoms with Gasteiger partial charge < -0.3 is 25.4 Å². The van der Waals surface area contributed by atoms with Gasteiger partial charge in [0.25, 0.3) is 0 Å². The molecule has 20 heavy (non-hydrogen) atoms. The number of carbonyl (C=O) groups excluding carboxylic acids is 2. The summed E-state index contributed by atoms with van der Waals surface area (Å²) in [4.78, 5) is 36.0. The first-order valence-electron chi connectivity index (χ1n) is 6.72.